The second-order valence-corrected chi connectivity index (χ2v) is 3.42. The smallest absolute Gasteiger partial charge is 0.250 e. The summed E-state index contributed by atoms with van der Waals surface area (Å²) in [6, 6.07) is 5.68. The fourth-order valence-electron chi connectivity index (χ4n) is 1.39. The zero-order chi connectivity index (χ0) is 9.80. The lowest BCUT2D eigenvalue weighted by atomic mass is 10.2. The van der Waals surface area contributed by atoms with Crippen molar-refractivity contribution in [3.63, 3.8) is 0 Å². The molecule has 0 radical (unpaired) electrons. The Hall–Kier alpha value is -1.13. The molecule has 14 heavy (non-hydrogen) atoms. The molecule has 0 aliphatic carbocycles. The topological polar surface area (TPSA) is 43.3 Å². The number of nitrogens with one attached hydrogen (secondary N) is 1. The highest BCUT2D eigenvalue weighted by atomic mass is 16.5. The summed E-state index contributed by atoms with van der Waals surface area (Å²) in [5, 5.41) is 3.31. The van der Waals surface area contributed by atoms with Crippen LogP contribution in [0.4, 0.5) is 0 Å². The van der Waals surface area contributed by atoms with Crippen molar-refractivity contribution < 1.29 is 4.74 Å². The van der Waals surface area contributed by atoms with E-state index in [0.29, 0.717) is 6.04 Å². The van der Waals surface area contributed by atoms with E-state index in [1.807, 2.05) is 6.07 Å². The zero-order valence-corrected chi connectivity index (χ0v) is 7.98. The van der Waals surface area contributed by atoms with Crippen molar-refractivity contribution in [2.75, 3.05) is 19.8 Å². The average molecular weight is 194 g/mol. The molecule has 4 nitrogen and oxygen atoms in total. The van der Waals surface area contributed by atoms with Crippen molar-refractivity contribution in [3.05, 3.63) is 34.7 Å². The summed E-state index contributed by atoms with van der Waals surface area (Å²) >= 11 is 0. The van der Waals surface area contributed by atoms with Gasteiger partial charge in [-0.1, -0.05) is 6.07 Å². The number of nitrogens with zero attached hydrogens (tertiary/aromatic N) is 1. The molecule has 1 aromatic heterocycles. The predicted molar refractivity (Wildman–Crippen MR) is 53.3 cm³/mol. The maximum absolute atomic E-state index is 11.3. The second-order valence-electron chi connectivity index (χ2n) is 3.42. The summed E-state index contributed by atoms with van der Waals surface area (Å²) in [6.45, 7) is 3.13. The predicted octanol–water partition coefficient (Wildman–Crippen LogP) is -0.163. The molecule has 1 saturated heterocycles. The van der Waals surface area contributed by atoms with Gasteiger partial charge in [-0.05, 0) is 6.07 Å². The molecule has 0 atom stereocenters. The summed E-state index contributed by atoms with van der Waals surface area (Å²) in [5.74, 6) is 0. The maximum atomic E-state index is 11.3. The number of pyridine rings is 1. The molecule has 76 valence electrons. The monoisotopic (exact) mass is 194 g/mol. The van der Waals surface area contributed by atoms with E-state index < -0.39 is 0 Å². The minimum atomic E-state index is 0.0548. The number of ether oxygens (including phenoxy) is 1. The fourth-order valence-corrected chi connectivity index (χ4v) is 1.39. The standard InChI is InChI=1S/C10H14N2O2/c13-10-3-1-2-5-12(10)6-4-11-9-7-14-8-9/h1-3,5,9,11H,4,6-8H2. The van der Waals surface area contributed by atoms with Crippen molar-refractivity contribution in [2.45, 2.75) is 12.6 Å². The van der Waals surface area contributed by atoms with E-state index in [9.17, 15) is 4.79 Å². The normalized spacial score (nSPS) is 16.6. The van der Waals surface area contributed by atoms with E-state index >= 15 is 0 Å². The van der Waals surface area contributed by atoms with Crippen LogP contribution in [-0.4, -0.2) is 30.4 Å². The molecular weight excluding hydrogens is 180 g/mol. The largest absolute Gasteiger partial charge is 0.378 e. The molecule has 0 saturated carbocycles. The van der Waals surface area contributed by atoms with Gasteiger partial charge in [-0.3, -0.25) is 4.79 Å². The molecule has 1 N–H and O–H groups in total. The van der Waals surface area contributed by atoms with Crippen molar-refractivity contribution >= 4 is 0 Å². The molecule has 0 aromatic carbocycles. The maximum Gasteiger partial charge on any atom is 0.250 e. The number of hydrogen-bond donors (Lipinski definition) is 1. The van der Waals surface area contributed by atoms with Gasteiger partial charge < -0.3 is 14.6 Å². The van der Waals surface area contributed by atoms with Crippen molar-refractivity contribution in [1.82, 2.24) is 9.88 Å². The van der Waals surface area contributed by atoms with Gasteiger partial charge in [0.15, 0.2) is 0 Å². The molecule has 4 heteroatoms. The van der Waals surface area contributed by atoms with E-state index in [4.69, 9.17) is 4.74 Å². The van der Waals surface area contributed by atoms with E-state index in [1.54, 1.807) is 22.9 Å². The zero-order valence-electron chi connectivity index (χ0n) is 7.98. The van der Waals surface area contributed by atoms with Gasteiger partial charge in [-0.25, -0.2) is 0 Å². The molecule has 1 fully saturated rings. The van der Waals surface area contributed by atoms with Crippen molar-refractivity contribution in [1.29, 1.82) is 0 Å². The first kappa shape index (κ1) is 9.43. The SMILES string of the molecule is O=c1ccccn1CCNC1COC1. The van der Waals surface area contributed by atoms with Crippen LogP contribution in [0.5, 0.6) is 0 Å². The summed E-state index contributed by atoms with van der Waals surface area (Å²) in [4.78, 5) is 11.3. The molecule has 0 bridgehead atoms. The van der Waals surface area contributed by atoms with Crippen molar-refractivity contribution in [3.8, 4) is 0 Å². The highest BCUT2D eigenvalue weighted by molar-refractivity contribution is 4.93. The van der Waals surface area contributed by atoms with Crippen LogP contribution in [0.2, 0.25) is 0 Å². The third-order valence-electron chi connectivity index (χ3n) is 2.32. The minimum absolute atomic E-state index is 0.0548. The van der Waals surface area contributed by atoms with Crippen LogP contribution < -0.4 is 10.9 Å². The number of rotatable bonds is 4. The first-order valence-corrected chi connectivity index (χ1v) is 4.83. The molecule has 1 aromatic rings. The Bertz CT molecular complexity index is 344. The quantitative estimate of drug-likeness (QED) is 0.724. The number of aromatic nitrogens is 1. The van der Waals surface area contributed by atoms with E-state index in [-0.39, 0.29) is 5.56 Å². The first-order valence-electron chi connectivity index (χ1n) is 4.83. The van der Waals surface area contributed by atoms with Gasteiger partial charge in [-0.2, -0.15) is 0 Å². The molecule has 0 amide bonds. The van der Waals surface area contributed by atoms with Gasteiger partial charge in [0.05, 0.1) is 19.3 Å². The average Bonchev–Trinajstić information content (AvgIpc) is 2.12. The molecule has 2 rings (SSSR count). The Balaban J connectivity index is 1.79. The molecule has 1 aliphatic rings. The third-order valence-corrected chi connectivity index (χ3v) is 2.32. The molecule has 1 aliphatic heterocycles. The molecule has 0 spiro atoms. The second kappa shape index (κ2) is 4.39. The summed E-state index contributed by atoms with van der Waals surface area (Å²) in [6.07, 6.45) is 1.81. The van der Waals surface area contributed by atoms with Crippen LogP contribution >= 0.6 is 0 Å². The minimum Gasteiger partial charge on any atom is -0.378 e. The lowest BCUT2D eigenvalue weighted by Gasteiger charge is -2.27. The number of hydrogen-bond acceptors (Lipinski definition) is 3. The highest BCUT2D eigenvalue weighted by Crippen LogP contribution is 1.98. The van der Waals surface area contributed by atoms with E-state index in [1.165, 1.54) is 0 Å². The van der Waals surface area contributed by atoms with Gasteiger partial charge >= 0.3 is 0 Å². The molecule has 2 heterocycles. The fraction of sp³-hybridized carbons (Fsp3) is 0.500. The Morgan fingerprint density at radius 1 is 1.50 bits per heavy atom. The van der Waals surface area contributed by atoms with Gasteiger partial charge in [0.25, 0.3) is 5.56 Å². The van der Waals surface area contributed by atoms with Crippen LogP contribution in [0.1, 0.15) is 0 Å². The highest BCUT2D eigenvalue weighted by Gasteiger charge is 2.16. The Morgan fingerprint density at radius 3 is 3.00 bits per heavy atom. The van der Waals surface area contributed by atoms with Gasteiger partial charge in [0, 0.05) is 25.4 Å². The molecule has 0 unspecified atom stereocenters. The van der Waals surface area contributed by atoms with Crippen LogP contribution in [0.15, 0.2) is 29.2 Å². The van der Waals surface area contributed by atoms with Crippen molar-refractivity contribution in [2.24, 2.45) is 0 Å². The first-order chi connectivity index (χ1) is 6.86. The summed E-state index contributed by atoms with van der Waals surface area (Å²) < 4.78 is 6.73. The Kier molecular flexibility index (Phi) is 2.96. The lowest BCUT2D eigenvalue weighted by molar-refractivity contribution is -0.00516. The summed E-state index contributed by atoms with van der Waals surface area (Å²) in [5.41, 5.74) is 0.0548. The van der Waals surface area contributed by atoms with Crippen LogP contribution in [0, 0.1) is 0 Å². The van der Waals surface area contributed by atoms with E-state index in [2.05, 4.69) is 5.32 Å². The molecular formula is C10H14N2O2. The van der Waals surface area contributed by atoms with E-state index in [0.717, 1.165) is 26.3 Å². The third kappa shape index (κ3) is 2.21. The van der Waals surface area contributed by atoms with Gasteiger partial charge in [0.2, 0.25) is 0 Å². The van der Waals surface area contributed by atoms with Crippen LogP contribution in [-0.2, 0) is 11.3 Å². The lowest BCUT2D eigenvalue weighted by Crippen LogP contribution is -2.47. The Morgan fingerprint density at radius 2 is 2.36 bits per heavy atom. The van der Waals surface area contributed by atoms with Gasteiger partial charge in [-0.15, -0.1) is 0 Å². The van der Waals surface area contributed by atoms with Gasteiger partial charge in [0.1, 0.15) is 0 Å². The van der Waals surface area contributed by atoms with Crippen LogP contribution in [0.3, 0.4) is 0 Å². The summed E-state index contributed by atoms with van der Waals surface area (Å²) in [7, 11) is 0. The Labute approximate surface area is 82.5 Å². The van der Waals surface area contributed by atoms with Crippen LogP contribution in [0.25, 0.3) is 0 Å².